The lowest BCUT2D eigenvalue weighted by Crippen LogP contribution is -1.99. The van der Waals surface area contributed by atoms with Crippen molar-refractivity contribution in [1.82, 2.24) is 0 Å². The fourth-order valence-electron chi connectivity index (χ4n) is 1.42. The Bertz CT molecular complexity index is 338. The SMILES string of the molecule is Cc1cccc(C(C)C#N)c1CO. The van der Waals surface area contributed by atoms with Gasteiger partial charge in [-0.1, -0.05) is 18.2 Å². The molecule has 1 aromatic carbocycles. The lowest BCUT2D eigenvalue weighted by Gasteiger charge is -2.11. The second-order valence-corrected chi connectivity index (χ2v) is 3.15. The summed E-state index contributed by atoms with van der Waals surface area (Å²) in [5, 5.41) is 17.9. The third kappa shape index (κ3) is 1.88. The third-order valence-corrected chi connectivity index (χ3v) is 2.26. The summed E-state index contributed by atoms with van der Waals surface area (Å²) in [5.74, 6) is -0.151. The van der Waals surface area contributed by atoms with E-state index in [-0.39, 0.29) is 12.5 Å². The number of hydrogen-bond donors (Lipinski definition) is 1. The van der Waals surface area contributed by atoms with Crippen molar-refractivity contribution in [2.24, 2.45) is 0 Å². The number of rotatable bonds is 2. The van der Waals surface area contributed by atoms with Crippen LogP contribution in [-0.4, -0.2) is 5.11 Å². The number of benzene rings is 1. The van der Waals surface area contributed by atoms with Crippen molar-refractivity contribution in [3.05, 3.63) is 34.9 Å². The molecule has 0 bridgehead atoms. The average Bonchev–Trinajstić information content (AvgIpc) is 2.16. The van der Waals surface area contributed by atoms with E-state index in [1.54, 1.807) is 0 Å². The smallest absolute Gasteiger partial charge is 0.0701 e. The molecule has 0 aliphatic heterocycles. The van der Waals surface area contributed by atoms with Crippen LogP contribution in [0.4, 0.5) is 0 Å². The Balaban J connectivity index is 3.21. The molecule has 0 aliphatic rings. The Morgan fingerprint density at radius 2 is 2.23 bits per heavy atom. The number of nitrogens with zero attached hydrogens (tertiary/aromatic N) is 1. The van der Waals surface area contributed by atoms with E-state index in [0.717, 1.165) is 16.7 Å². The molecule has 1 N–H and O–H groups in total. The summed E-state index contributed by atoms with van der Waals surface area (Å²) in [6.07, 6.45) is 0. The van der Waals surface area contributed by atoms with Crippen molar-refractivity contribution in [2.75, 3.05) is 0 Å². The van der Waals surface area contributed by atoms with Gasteiger partial charge >= 0.3 is 0 Å². The highest BCUT2D eigenvalue weighted by molar-refractivity contribution is 5.38. The van der Waals surface area contributed by atoms with Crippen molar-refractivity contribution >= 4 is 0 Å². The Kier molecular flexibility index (Phi) is 3.05. The maximum atomic E-state index is 9.13. The molecule has 0 fully saturated rings. The molecule has 0 saturated heterocycles. The summed E-state index contributed by atoms with van der Waals surface area (Å²) in [6.45, 7) is 3.79. The van der Waals surface area contributed by atoms with Gasteiger partial charge < -0.3 is 5.11 Å². The molecule has 1 aromatic rings. The van der Waals surface area contributed by atoms with E-state index >= 15 is 0 Å². The van der Waals surface area contributed by atoms with E-state index < -0.39 is 0 Å². The minimum atomic E-state index is -0.151. The van der Waals surface area contributed by atoms with E-state index in [1.165, 1.54) is 0 Å². The lowest BCUT2D eigenvalue weighted by molar-refractivity contribution is 0.279. The standard InChI is InChI=1S/C11H13NO/c1-8-4-3-5-10(9(2)6-12)11(8)7-13/h3-5,9,13H,7H2,1-2H3. The molecule has 1 rings (SSSR count). The highest BCUT2D eigenvalue weighted by Crippen LogP contribution is 2.21. The quantitative estimate of drug-likeness (QED) is 0.748. The highest BCUT2D eigenvalue weighted by atomic mass is 16.3. The molecule has 1 unspecified atom stereocenters. The minimum absolute atomic E-state index is 0.00796. The van der Waals surface area contributed by atoms with Crippen molar-refractivity contribution < 1.29 is 5.11 Å². The molecule has 2 heteroatoms. The van der Waals surface area contributed by atoms with Gasteiger partial charge in [-0.2, -0.15) is 5.26 Å². The molecular formula is C11H13NO. The lowest BCUT2D eigenvalue weighted by atomic mass is 9.94. The minimum Gasteiger partial charge on any atom is -0.392 e. The fourth-order valence-corrected chi connectivity index (χ4v) is 1.42. The van der Waals surface area contributed by atoms with Crippen LogP contribution in [0.25, 0.3) is 0 Å². The van der Waals surface area contributed by atoms with Crippen LogP contribution in [0.2, 0.25) is 0 Å². The molecule has 68 valence electrons. The van der Waals surface area contributed by atoms with Crippen LogP contribution in [0, 0.1) is 18.3 Å². The summed E-state index contributed by atoms with van der Waals surface area (Å²) >= 11 is 0. The van der Waals surface area contributed by atoms with Gasteiger partial charge in [0.15, 0.2) is 0 Å². The Morgan fingerprint density at radius 1 is 1.54 bits per heavy atom. The van der Waals surface area contributed by atoms with Gasteiger partial charge in [-0.05, 0) is 30.5 Å². The van der Waals surface area contributed by atoms with Crippen molar-refractivity contribution in [3.63, 3.8) is 0 Å². The molecule has 13 heavy (non-hydrogen) atoms. The maximum Gasteiger partial charge on any atom is 0.0701 e. The van der Waals surface area contributed by atoms with Crippen molar-refractivity contribution in [1.29, 1.82) is 5.26 Å². The first-order chi connectivity index (χ1) is 6.20. The predicted molar refractivity (Wildman–Crippen MR) is 51.1 cm³/mol. The molecule has 0 radical (unpaired) electrons. The maximum absolute atomic E-state index is 9.13. The van der Waals surface area contributed by atoms with Crippen LogP contribution >= 0.6 is 0 Å². The molecule has 0 aromatic heterocycles. The van der Waals surface area contributed by atoms with E-state index in [2.05, 4.69) is 6.07 Å². The van der Waals surface area contributed by atoms with E-state index in [9.17, 15) is 0 Å². The highest BCUT2D eigenvalue weighted by Gasteiger charge is 2.10. The normalized spacial score (nSPS) is 12.2. The zero-order valence-electron chi connectivity index (χ0n) is 7.91. The monoisotopic (exact) mass is 175 g/mol. The van der Waals surface area contributed by atoms with E-state index in [1.807, 2.05) is 32.0 Å². The molecule has 0 saturated carbocycles. The van der Waals surface area contributed by atoms with Gasteiger partial charge in [0.2, 0.25) is 0 Å². The van der Waals surface area contributed by atoms with Crippen molar-refractivity contribution in [2.45, 2.75) is 26.4 Å². The first-order valence-electron chi connectivity index (χ1n) is 4.29. The first kappa shape index (κ1) is 9.76. The zero-order chi connectivity index (χ0) is 9.84. The zero-order valence-corrected chi connectivity index (χ0v) is 7.91. The molecule has 2 nitrogen and oxygen atoms in total. The third-order valence-electron chi connectivity index (χ3n) is 2.26. The predicted octanol–water partition coefficient (Wildman–Crippen LogP) is 2.11. The van der Waals surface area contributed by atoms with Crippen LogP contribution < -0.4 is 0 Å². The van der Waals surface area contributed by atoms with Crippen LogP contribution in [0.5, 0.6) is 0 Å². The molecule has 0 heterocycles. The van der Waals surface area contributed by atoms with Gasteiger partial charge in [-0.25, -0.2) is 0 Å². The van der Waals surface area contributed by atoms with Gasteiger partial charge in [0, 0.05) is 0 Å². The number of nitriles is 1. The first-order valence-corrected chi connectivity index (χ1v) is 4.29. The van der Waals surface area contributed by atoms with E-state index in [4.69, 9.17) is 10.4 Å². The molecule has 1 atom stereocenters. The van der Waals surface area contributed by atoms with Gasteiger partial charge in [-0.15, -0.1) is 0 Å². The van der Waals surface area contributed by atoms with Crippen LogP contribution in [0.1, 0.15) is 29.5 Å². The van der Waals surface area contributed by atoms with Crippen molar-refractivity contribution in [3.8, 4) is 6.07 Å². The van der Waals surface area contributed by atoms with Gasteiger partial charge in [0.25, 0.3) is 0 Å². The van der Waals surface area contributed by atoms with Gasteiger partial charge in [0.1, 0.15) is 0 Å². The van der Waals surface area contributed by atoms with Crippen LogP contribution in [-0.2, 0) is 6.61 Å². The average molecular weight is 175 g/mol. The van der Waals surface area contributed by atoms with Crippen LogP contribution in [0.3, 0.4) is 0 Å². The molecular weight excluding hydrogens is 162 g/mol. The fraction of sp³-hybridized carbons (Fsp3) is 0.364. The summed E-state index contributed by atoms with van der Waals surface area (Å²) in [5.41, 5.74) is 2.86. The topological polar surface area (TPSA) is 44.0 Å². The summed E-state index contributed by atoms with van der Waals surface area (Å²) in [7, 11) is 0. The summed E-state index contributed by atoms with van der Waals surface area (Å²) < 4.78 is 0. The van der Waals surface area contributed by atoms with Crippen LogP contribution in [0.15, 0.2) is 18.2 Å². The summed E-state index contributed by atoms with van der Waals surface area (Å²) in [6, 6.07) is 7.93. The largest absolute Gasteiger partial charge is 0.392 e. The molecule has 0 aliphatic carbocycles. The number of hydrogen-bond acceptors (Lipinski definition) is 2. The number of aryl methyl sites for hydroxylation is 1. The molecule has 0 amide bonds. The van der Waals surface area contributed by atoms with Gasteiger partial charge in [-0.3, -0.25) is 0 Å². The Morgan fingerprint density at radius 3 is 2.77 bits per heavy atom. The Hall–Kier alpha value is -1.33. The Labute approximate surface area is 78.4 Å². The second kappa shape index (κ2) is 4.06. The molecule has 0 spiro atoms. The van der Waals surface area contributed by atoms with E-state index in [0.29, 0.717) is 0 Å². The number of aliphatic hydroxyl groups excluding tert-OH is 1. The van der Waals surface area contributed by atoms with Gasteiger partial charge in [0.05, 0.1) is 18.6 Å². The summed E-state index contributed by atoms with van der Waals surface area (Å²) in [4.78, 5) is 0. The number of aliphatic hydroxyl groups is 1. The second-order valence-electron chi connectivity index (χ2n) is 3.15.